The molecule has 0 aliphatic rings. The van der Waals surface area contributed by atoms with Gasteiger partial charge in [-0.25, -0.2) is 14.4 Å². The molecule has 9 nitrogen and oxygen atoms in total. The highest BCUT2D eigenvalue weighted by atomic mass is 32.1. The van der Waals surface area contributed by atoms with Gasteiger partial charge < -0.3 is 30.9 Å². The number of carbonyl (C=O) groups excluding carboxylic acids is 1. The second kappa shape index (κ2) is 10.2. The highest BCUT2D eigenvalue weighted by Gasteiger charge is 2.29. The summed E-state index contributed by atoms with van der Waals surface area (Å²) in [4.78, 5) is 32.3. The molecule has 6 N–H and O–H groups in total. The van der Waals surface area contributed by atoms with Gasteiger partial charge in [-0.15, -0.1) is 11.3 Å². The molecule has 10 heteroatoms. The van der Waals surface area contributed by atoms with Crippen molar-refractivity contribution < 1.29 is 39.5 Å². The number of thiophene rings is 1. The monoisotopic (exact) mass is 391 g/mol. The molecule has 0 saturated carbocycles. The maximum Gasteiger partial charge on any atom is 0.339 e. The van der Waals surface area contributed by atoms with Gasteiger partial charge in [-0.3, -0.25) is 0 Å². The van der Waals surface area contributed by atoms with Gasteiger partial charge in [0.2, 0.25) is 0 Å². The van der Waals surface area contributed by atoms with Crippen molar-refractivity contribution in [3.05, 3.63) is 21.9 Å². The zero-order valence-electron chi connectivity index (χ0n) is 15.0. The van der Waals surface area contributed by atoms with Crippen LogP contribution in [0.3, 0.4) is 0 Å². The van der Waals surface area contributed by atoms with Crippen molar-refractivity contribution in [3.63, 3.8) is 0 Å². The summed E-state index contributed by atoms with van der Waals surface area (Å²) < 4.78 is 5.28. The summed E-state index contributed by atoms with van der Waals surface area (Å²) in [5.41, 5.74) is 6.04. The maximum absolute atomic E-state index is 11.7. The molecule has 0 fully saturated rings. The van der Waals surface area contributed by atoms with E-state index < -0.39 is 29.7 Å². The van der Waals surface area contributed by atoms with E-state index in [4.69, 9.17) is 30.9 Å². The van der Waals surface area contributed by atoms with Crippen molar-refractivity contribution >= 4 is 29.2 Å². The first kappa shape index (κ1) is 24.0. The second-order valence-corrected chi connectivity index (χ2v) is 7.26. The molecule has 0 bridgehead atoms. The smallest absolute Gasteiger partial charge is 0.339 e. The van der Waals surface area contributed by atoms with Crippen LogP contribution in [0, 0.1) is 0 Å². The summed E-state index contributed by atoms with van der Waals surface area (Å²) >= 11 is 1.51. The minimum atomic E-state index is -2.27. The minimum absolute atomic E-state index is 0.0150. The average molecular weight is 391 g/mol. The lowest BCUT2D eigenvalue weighted by Crippen LogP contribution is -2.39. The van der Waals surface area contributed by atoms with Crippen LogP contribution in [0.15, 0.2) is 11.4 Å². The number of ether oxygens (including phenoxy) is 1. The van der Waals surface area contributed by atoms with Crippen molar-refractivity contribution in [2.24, 2.45) is 5.73 Å². The van der Waals surface area contributed by atoms with Crippen molar-refractivity contribution in [1.82, 2.24) is 0 Å². The molecular formula is C16H25NO8S. The third kappa shape index (κ3) is 8.39. The number of carbonyl (C=O) groups is 3. The molecule has 0 aromatic carbocycles. The molecule has 0 aliphatic heterocycles. The number of nitrogens with two attached hydrogens (primary N) is 1. The number of aliphatic hydroxyl groups is 2. The molecule has 0 amide bonds. The van der Waals surface area contributed by atoms with E-state index in [-0.39, 0.29) is 12.0 Å². The summed E-state index contributed by atoms with van der Waals surface area (Å²) in [6.07, 6.45) is -3.66. The molecule has 0 aliphatic carbocycles. The predicted octanol–water partition coefficient (Wildman–Crippen LogP) is 0.991. The van der Waals surface area contributed by atoms with Crippen LogP contribution in [0.4, 0.5) is 0 Å². The predicted molar refractivity (Wildman–Crippen MR) is 94.0 cm³/mol. The van der Waals surface area contributed by atoms with E-state index in [0.29, 0.717) is 5.56 Å². The molecule has 2 unspecified atom stereocenters. The number of aliphatic carboxylic acids is 2. The molecule has 0 spiro atoms. The van der Waals surface area contributed by atoms with Gasteiger partial charge in [-0.05, 0) is 33.3 Å². The summed E-state index contributed by atoms with van der Waals surface area (Å²) in [6, 6.07) is 1.84. The zero-order valence-corrected chi connectivity index (χ0v) is 15.8. The van der Waals surface area contributed by atoms with Crippen molar-refractivity contribution in [3.8, 4) is 0 Å². The molecule has 0 radical (unpaired) electrons. The van der Waals surface area contributed by atoms with Crippen LogP contribution in [0.25, 0.3) is 0 Å². The lowest BCUT2D eigenvalue weighted by molar-refractivity contribution is -0.165. The van der Waals surface area contributed by atoms with E-state index in [2.05, 4.69) is 0 Å². The topological polar surface area (TPSA) is 167 Å². The molecule has 1 aromatic heterocycles. The van der Waals surface area contributed by atoms with Crippen LogP contribution in [0.1, 0.15) is 55.4 Å². The van der Waals surface area contributed by atoms with Gasteiger partial charge in [0.25, 0.3) is 0 Å². The summed E-state index contributed by atoms with van der Waals surface area (Å²) in [5.74, 6) is -3.82. The van der Waals surface area contributed by atoms with Crippen LogP contribution in [0.2, 0.25) is 0 Å². The lowest BCUT2D eigenvalue weighted by atomic mass is 10.1. The van der Waals surface area contributed by atoms with Gasteiger partial charge in [-0.2, -0.15) is 0 Å². The van der Waals surface area contributed by atoms with E-state index in [1.165, 1.54) is 11.3 Å². The number of esters is 1. The Labute approximate surface area is 155 Å². The molecule has 1 aromatic rings. The highest BCUT2D eigenvalue weighted by molar-refractivity contribution is 7.10. The first-order valence-electron chi connectivity index (χ1n) is 7.69. The summed E-state index contributed by atoms with van der Waals surface area (Å²) in [7, 11) is 0. The largest absolute Gasteiger partial charge is 0.479 e. The van der Waals surface area contributed by atoms with E-state index >= 15 is 0 Å². The number of carboxylic acids is 2. The zero-order chi connectivity index (χ0) is 20.7. The van der Waals surface area contributed by atoms with E-state index in [1.54, 1.807) is 5.38 Å². The molecule has 148 valence electrons. The van der Waals surface area contributed by atoms with Crippen LogP contribution in [0.5, 0.6) is 0 Å². The molecule has 3 atom stereocenters. The van der Waals surface area contributed by atoms with Gasteiger partial charge in [-0.1, -0.05) is 6.92 Å². The van der Waals surface area contributed by atoms with Gasteiger partial charge in [0.05, 0.1) is 5.56 Å². The third-order valence-corrected chi connectivity index (χ3v) is 3.93. The van der Waals surface area contributed by atoms with Crippen LogP contribution >= 0.6 is 11.3 Å². The van der Waals surface area contributed by atoms with Gasteiger partial charge in [0.15, 0.2) is 12.2 Å². The van der Waals surface area contributed by atoms with E-state index in [0.717, 1.165) is 11.3 Å². The fourth-order valence-electron chi connectivity index (χ4n) is 1.46. The lowest BCUT2D eigenvalue weighted by Gasteiger charge is -2.18. The molecule has 1 heterocycles. The van der Waals surface area contributed by atoms with Crippen molar-refractivity contribution in [2.75, 3.05) is 0 Å². The Morgan fingerprint density at radius 3 is 1.96 bits per heavy atom. The molecular weight excluding hydrogens is 366 g/mol. The number of aliphatic hydroxyl groups excluding tert-OH is 2. The first-order valence-corrected chi connectivity index (χ1v) is 8.57. The Morgan fingerprint density at radius 2 is 1.62 bits per heavy atom. The van der Waals surface area contributed by atoms with Crippen molar-refractivity contribution in [2.45, 2.75) is 58.0 Å². The molecule has 26 heavy (non-hydrogen) atoms. The Morgan fingerprint density at radius 1 is 1.15 bits per heavy atom. The Balaban J connectivity index is 0.000000541. The Kier molecular flexibility index (Phi) is 9.43. The SMILES string of the molecule is CC[C@@H](N)c1cc(C(=O)OC(C)(C)C)cs1.O=C(O)C(O)C(O)C(=O)O. The van der Waals surface area contributed by atoms with E-state index in [1.807, 2.05) is 33.8 Å². The number of hydrogen-bond acceptors (Lipinski definition) is 8. The number of carboxylic acid groups (broad SMARTS) is 2. The Bertz CT molecular complexity index is 604. The highest BCUT2D eigenvalue weighted by Crippen LogP contribution is 2.24. The normalized spacial score (nSPS) is 14.4. The van der Waals surface area contributed by atoms with Crippen LogP contribution in [-0.4, -0.2) is 56.1 Å². The first-order chi connectivity index (χ1) is 11.8. The molecule has 0 saturated heterocycles. The summed E-state index contributed by atoms with van der Waals surface area (Å²) in [6.45, 7) is 7.60. The molecule has 1 rings (SSSR count). The standard InChI is InChI=1S/C12H19NO2S.C4H6O6/c1-5-9(13)10-6-8(7-16-10)11(14)15-12(2,3)4;5-1(3(7)8)2(6)4(9)10/h6-7,9H,5,13H2,1-4H3;1-2,5-6H,(H,7,8)(H,9,10)/t9-;/m1./s1. The average Bonchev–Trinajstić information content (AvgIpc) is 3.01. The third-order valence-electron chi connectivity index (χ3n) is 2.86. The second-order valence-electron chi connectivity index (χ2n) is 6.32. The minimum Gasteiger partial charge on any atom is -0.479 e. The number of hydrogen-bond donors (Lipinski definition) is 5. The quantitative estimate of drug-likeness (QED) is 0.444. The van der Waals surface area contributed by atoms with Gasteiger partial charge >= 0.3 is 17.9 Å². The number of rotatable bonds is 6. The van der Waals surface area contributed by atoms with Crippen LogP contribution in [-0.2, 0) is 14.3 Å². The van der Waals surface area contributed by atoms with Gasteiger partial charge in [0.1, 0.15) is 5.60 Å². The van der Waals surface area contributed by atoms with Crippen molar-refractivity contribution in [1.29, 1.82) is 0 Å². The Hall–Kier alpha value is -2.01. The van der Waals surface area contributed by atoms with Gasteiger partial charge in [0, 0.05) is 16.3 Å². The summed E-state index contributed by atoms with van der Waals surface area (Å²) in [5, 5.41) is 34.3. The maximum atomic E-state index is 11.7. The van der Waals surface area contributed by atoms with E-state index in [9.17, 15) is 14.4 Å². The fourth-order valence-corrected chi connectivity index (χ4v) is 2.43. The fraction of sp³-hybridized carbons (Fsp3) is 0.562. The van der Waals surface area contributed by atoms with Crippen LogP contribution < -0.4 is 5.73 Å².